The molecule has 1 amide bonds. The van der Waals surface area contributed by atoms with Crippen LogP contribution in [0.3, 0.4) is 0 Å². The van der Waals surface area contributed by atoms with Crippen LogP contribution >= 0.6 is 0 Å². The van der Waals surface area contributed by atoms with Crippen LogP contribution in [0.2, 0.25) is 0 Å². The molecule has 2 unspecified atom stereocenters. The van der Waals surface area contributed by atoms with Crippen molar-refractivity contribution in [2.24, 2.45) is 0 Å². The quantitative estimate of drug-likeness (QED) is 0.0320. The molecule has 75 heavy (non-hydrogen) atoms. The van der Waals surface area contributed by atoms with E-state index in [4.69, 9.17) is 4.74 Å². The molecule has 0 aromatic heterocycles. The first-order chi connectivity index (χ1) is 37.0. The Morgan fingerprint density at radius 2 is 0.627 bits per heavy atom. The van der Waals surface area contributed by atoms with E-state index in [-0.39, 0.29) is 18.5 Å². The van der Waals surface area contributed by atoms with Gasteiger partial charge in [-0.25, -0.2) is 0 Å². The number of hydrogen-bond donors (Lipinski definition) is 3. The smallest absolute Gasteiger partial charge is 0.305 e. The number of carbonyl (C=O) groups excluding carboxylic acids is 2. The second-order valence-electron chi connectivity index (χ2n) is 23.5. The van der Waals surface area contributed by atoms with Crippen molar-refractivity contribution in [2.45, 2.75) is 392 Å². The highest BCUT2D eigenvalue weighted by molar-refractivity contribution is 5.76. The number of hydrogen-bond acceptors (Lipinski definition) is 5. The van der Waals surface area contributed by atoms with Gasteiger partial charge in [0.15, 0.2) is 0 Å². The first-order valence-corrected chi connectivity index (χ1v) is 34.1. The summed E-state index contributed by atoms with van der Waals surface area (Å²) in [7, 11) is 0. The SMILES string of the molecule is CCCCCCCCCCCCC/C=C/C(O)C(CO)NC(=O)CCCCCCCCCCCCCCCCCC/C=C\CCCCCCCCCCCCCCOC(=O)CCCCCCCCCCCCCCC. The van der Waals surface area contributed by atoms with Gasteiger partial charge < -0.3 is 20.3 Å². The average molecular weight is 1060 g/mol. The lowest BCUT2D eigenvalue weighted by Gasteiger charge is -2.20. The molecular formula is C69H133NO5. The van der Waals surface area contributed by atoms with Gasteiger partial charge in [-0.05, 0) is 57.8 Å². The molecule has 0 radical (unpaired) electrons. The Balaban J connectivity index is 3.35. The van der Waals surface area contributed by atoms with Gasteiger partial charge in [-0.3, -0.25) is 9.59 Å². The van der Waals surface area contributed by atoms with Gasteiger partial charge in [0.25, 0.3) is 0 Å². The summed E-state index contributed by atoms with van der Waals surface area (Å²) >= 11 is 0. The van der Waals surface area contributed by atoms with Crippen molar-refractivity contribution in [3.8, 4) is 0 Å². The van der Waals surface area contributed by atoms with E-state index in [2.05, 4.69) is 31.3 Å². The van der Waals surface area contributed by atoms with E-state index in [0.717, 1.165) is 38.5 Å². The Morgan fingerprint density at radius 3 is 0.947 bits per heavy atom. The van der Waals surface area contributed by atoms with Crippen molar-refractivity contribution in [3.05, 3.63) is 24.3 Å². The summed E-state index contributed by atoms with van der Waals surface area (Å²) in [4.78, 5) is 24.5. The second kappa shape index (κ2) is 64.9. The van der Waals surface area contributed by atoms with Crippen LogP contribution in [0.15, 0.2) is 24.3 Å². The molecule has 0 saturated heterocycles. The fourth-order valence-electron chi connectivity index (χ4n) is 10.7. The third-order valence-electron chi connectivity index (χ3n) is 16.0. The third kappa shape index (κ3) is 61.4. The van der Waals surface area contributed by atoms with E-state index < -0.39 is 12.1 Å². The molecule has 2 atom stereocenters. The molecule has 0 aliphatic heterocycles. The molecule has 0 saturated carbocycles. The van der Waals surface area contributed by atoms with E-state index in [1.807, 2.05) is 6.08 Å². The number of aliphatic hydroxyl groups is 2. The molecule has 6 heteroatoms. The average Bonchev–Trinajstić information content (AvgIpc) is 3.41. The van der Waals surface area contributed by atoms with Crippen LogP contribution in [0.1, 0.15) is 380 Å². The van der Waals surface area contributed by atoms with Gasteiger partial charge in [0, 0.05) is 12.8 Å². The van der Waals surface area contributed by atoms with Crippen LogP contribution in [0.4, 0.5) is 0 Å². The minimum absolute atomic E-state index is 0.0199. The number of ether oxygens (including phenoxy) is 1. The zero-order valence-corrected chi connectivity index (χ0v) is 50.8. The predicted molar refractivity (Wildman–Crippen MR) is 329 cm³/mol. The minimum Gasteiger partial charge on any atom is -0.466 e. The molecule has 3 N–H and O–H groups in total. The van der Waals surface area contributed by atoms with Gasteiger partial charge >= 0.3 is 5.97 Å². The summed E-state index contributed by atoms with van der Waals surface area (Å²) in [6, 6.07) is -0.625. The van der Waals surface area contributed by atoms with Crippen molar-refractivity contribution >= 4 is 11.9 Å². The minimum atomic E-state index is -0.841. The largest absolute Gasteiger partial charge is 0.466 e. The Bertz CT molecular complexity index is 1170. The molecule has 444 valence electrons. The predicted octanol–water partition coefficient (Wildman–Crippen LogP) is 21.8. The molecular weight excluding hydrogens is 923 g/mol. The summed E-state index contributed by atoms with van der Waals surface area (Å²) < 4.78 is 5.49. The summed E-state index contributed by atoms with van der Waals surface area (Å²) in [6.07, 6.45) is 81.1. The normalized spacial score (nSPS) is 12.6. The maximum absolute atomic E-state index is 12.5. The van der Waals surface area contributed by atoms with Crippen molar-refractivity contribution in [3.63, 3.8) is 0 Å². The lowest BCUT2D eigenvalue weighted by molar-refractivity contribution is -0.143. The van der Waals surface area contributed by atoms with Gasteiger partial charge in [0.1, 0.15) is 0 Å². The summed E-state index contributed by atoms with van der Waals surface area (Å²) in [5, 5.41) is 23.1. The molecule has 0 aliphatic carbocycles. The Morgan fingerprint density at radius 1 is 0.360 bits per heavy atom. The van der Waals surface area contributed by atoms with Gasteiger partial charge in [-0.2, -0.15) is 0 Å². The highest BCUT2D eigenvalue weighted by atomic mass is 16.5. The van der Waals surface area contributed by atoms with Crippen LogP contribution in [0.25, 0.3) is 0 Å². The number of amides is 1. The van der Waals surface area contributed by atoms with Gasteiger partial charge in [-0.15, -0.1) is 0 Å². The van der Waals surface area contributed by atoms with Gasteiger partial charge in [0.05, 0.1) is 25.4 Å². The van der Waals surface area contributed by atoms with E-state index >= 15 is 0 Å². The Hall–Kier alpha value is -1.66. The maximum atomic E-state index is 12.5. The number of rotatable bonds is 64. The molecule has 0 rings (SSSR count). The molecule has 0 aliphatic rings. The van der Waals surface area contributed by atoms with Gasteiger partial charge in [0.2, 0.25) is 5.91 Å². The summed E-state index contributed by atoms with van der Waals surface area (Å²) in [5.41, 5.74) is 0. The zero-order valence-electron chi connectivity index (χ0n) is 50.8. The Labute approximate surface area is 469 Å². The number of aliphatic hydroxyl groups excluding tert-OH is 2. The lowest BCUT2D eigenvalue weighted by Crippen LogP contribution is -2.45. The van der Waals surface area contributed by atoms with Crippen LogP contribution in [-0.4, -0.2) is 47.4 Å². The highest BCUT2D eigenvalue weighted by Crippen LogP contribution is 2.18. The summed E-state index contributed by atoms with van der Waals surface area (Å²) in [5.74, 6) is -0.0440. The van der Waals surface area contributed by atoms with Crippen molar-refractivity contribution in [1.29, 1.82) is 0 Å². The highest BCUT2D eigenvalue weighted by Gasteiger charge is 2.18. The first kappa shape index (κ1) is 73.3. The lowest BCUT2D eigenvalue weighted by atomic mass is 10.0. The number of allylic oxidation sites excluding steroid dienone is 3. The van der Waals surface area contributed by atoms with Crippen molar-refractivity contribution in [2.75, 3.05) is 13.2 Å². The number of nitrogens with one attached hydrogen (secondary N) is 1. The van der Waals surface area contributed by atoms with Crippen molar-refractivity contribution < 1.29 is 24.5 Å². The number of esters is 1. The molecule has 6 nitrogen and oxygen atoms in total. The second-order valence-corrected chi connectivity index (χ2v) is 23.5. The van der Waals surface area contributed by atoms with E-state index in [9.17, 15) is 19.8 Å². The topological polar surface area (TPSA) is 95.9 Å². The van der Waals surface area contributed by atoms with Crippen LogP contribution in [0, 0.1) is 0 Å². The van der Waals surface area contributed by atoms with E-state index in [1.165, 1.54) is 315 Å². The zero-order chi connectivity index (χ0) is 54.3. The fraction of sp³-hybridized carbons (Fsp3) is 0.913. The molecule has 0 aromatic rings. The summed E-state index contributed by atoms with van der Waals surface area (Å²) in [6.45, 7) is 4.93. The third-order valence-corrected chi connectivity index (χ3v) is 16.0. The van der Waals surface area contributed by atoms with E-state index in [1.54, 1.807) is 6.08 Å². The van der Waals surface area contributed by atoms with Crippen molar-refractivity contribution in [1.82, 2.24) is 5.32 Å². The van der Waals surface area contributed by atoms with E-state index in [0.29, 0.717) is 19.4 Å². The molecule has 0 aromatic carbocycles. The Kier molecular flexibility index (Phi) is 63.4. The monoisotopic (exact) mass is 1060 g/mol. The fourth-order valence-corrected chi connectivity index (χ4v) is 10.7. The number of carbonyl (C=O) groups is 2. The maximum Gasteiger partial charge on any atom is 0.305 e. The van der Waals surface area contributed by atoms with Crippen LogP contribution in [-0.2, 0) is 14.3 Å². The number of unbranched alkanes of at least 4 members (excludes halogenated alkanes) is 51. The molecule has 0 fully saturated rings. The van der Waals surface area contributed by atoms with Crippen LogP contribution in [0.5, 0.6) is 0 Å². The van der Waals surface area contributed by atoms with Crippen LogP contribution < -0.4 is 5.32 Å². The van der Waals surface area contributed by atoms with Gasteiger partial charge in [-0.1, -0.05) is 334 Å². The first-order valence-electron chi connectivity index (χ1n) is 34.1. The molecule has 0 spiro atoms. The molecule has 0 heterocycles. The molecule has 0 bridgehead atoms. The standard InChI is InChI=1S/C69H133NO5/c1-3-5-7-9-11-13-15-37-41-45-49-53-57-61-67(72)66(65-71)70-68(73)62-58-54-50-46-42-39-35-33-31-29-27-25-23-21-19-17-18-20-22-24-26-28-30-32-34-36-40-44-48-52-56-60-64-75-69(74)63-59-55-51-47-43-38-16-14-12-10-8-6-4-2/h20,22,57,61,66-67,71-72H,3-19,21,23-56,58-60,62-65H2,1-2H3,(H,70,73)/b22-20-,61-57+.